The van der Waals surface area contributed by atoms with Gasteiger partial charge in [-0.05, 0) is 61.7 Å². The minimum absolute atomic E-state index is 0.109. The molecule has 7 nitrogen and oxygen atoms in total. The van der Waals surface area contributed by atoms with Crippen LogP contribution in [0.2, 0.25) is 0 Å². The summed E-state index contributed by atoms with van der Waals surface area (Å²) in [6.07, 6.45) is 2.30. The maximum atomic E-state index is 12.9. The molecule has 0 spiro atoms. The Morgan fingerprint density at radius 2 is 2.07 bits per heavy atom. The van der Waals surface area contributed by atoms with Crippen LogP contribution in [0.5, 0.6) is 0 Å². The summed E-state index contributed by atoms with van der Waals surface area (Å²) in [5.74, 6) is 0.966. The van der Waals surface area contributed by atoms with Crippen molar-refractivity contribution in [1.82, 2.24) is 30.8 Å². The van der Waals surface area contributed by atoms with Crippen molar-refractivity contribution in [2.24, 2.45) is 5.92 Å². The van der Waals surface area contributed by atoms with Crippen LogP contribution in [0.4, 0.5) is 0 Å². The Hall–Kier alpha value is -3.19. The van der Waals surface area contributed by atoms with Gasteiger partial charge in [0.15, 0.2) is 5.82 Å². The summed E-state index contributed by atoms with van der Waals surface area (Å²) in [5, 5.41) is 16.1. The van der Waals surface area contributed by atoms with E-state index in [9.17, 15) is 4.79 Å². The van der Waals surface area contributed by atoms with E-state index in [4.69, 9.17) is 4.98 Å². The fraction of sp³-hybridized carbons (Fsp3) is 0.318. The Kier molecular flexibility index (Phi) is 4.52. The molecule has 29 heavy (non-hydrogen) atoms. The van der Waals surface area contributed by atoms with E-state index in [0.29, 0.717) is 29.5 Å². The lowest BCUT2D eigenvalue weighted by atomic mass is 9.99. The van der Waals surface area contributed by atoms with E-state index in [-0.39, 0.29) is 5.91 Å². The molecule has 1 unspecified atom stereocenters. The van der Waals surface area contributed by atoms with Gasteiger partial charge < -0.3 is 15.6 Å². The topological polar surface area (TPSA) is 98.5 Å². The molecule has 1 aliphatic heterocycles. The Bertz CT molecular complexity index is 1130. The van der Waals surface area contributed by atoms with Crippen molar-refractivity contribution in [2.75, 3.05) is 19.6 Å². The van der Waals surface area contributed by atoms with Crippen molar-refractivity contribution in [3.8, 4) is 11.5 Å². The maximum absolute atomic E-state index is 12.9. The number of aryl methyl sites for hydroxylation is 1. The SMILES string of the molecule is Cc1[nH]nc(-c2nc3cc4ccccc4cc3[nH]2)c1C(=O)NCC1CCCNC1. The summed E-state index contributed by atoms with van der Waals surface area (Å²) in [6.45, 7) is 4.55. The van der Waals surface area contributed by atoms with E-state index in [0.717, 1.165) is 53.4 Å². The summed E-state index contributed by atoms with van der Waals surface area (Å²) in [6, 6.07) is 12.3. The van der Waals surface area contributed by atoms with Gasteiger partial charge in [-0.1, -0.05) is 24.3 Å². The van der Waals surface area contributed by atoms with Crippen LogP contribution in [-0.4, -0.2) is 45.7 Å². The zero-order valence-corrected chi connectivity index (χ0v) is 16.4. The van der Waals surface area contributed by atoms with Crippen molar-refractivity contribution in [3.63, 3.8) is 0 Å². The van der Waals surface area contributed by atoms with Crippen LogP contribution in [0.25, 0.3) is 33.3 Å². The first-order valence-electron chi connectivity index (χ1n) is 10.1. The molecule has 7 heteroatoms. The van der Waals surface area contributed by atoms with Crippen LogP contribution in [0.1, 0.15) is 28.9 Å². The molecule has 1 amide bonds. The molecule has 5 rings (SSSR count). The lowest BCUT2D eigenvalue weighted by Crippen LogP contribution is -2.38. The molecule has 1 atom stereocenters. The average molecular weight is 388 g/mol. The van der Waals surface area contributed by atoms with E-state index in [1.165, 1.54) is 0 Å². The average Bonchev–Trinajstić information content (AvgIpc) is 3.33. The van der Waals surface area contributed by atoms with E-state index in [1.54, 1.807) is 0 Å². The molecule has 0 bridgehead atoms. The van der Waals surface area contributed by atoms with Crippen molar-refractivity contribution < 1.29 is 4.79 Å². The highest BCUT2D eigenvalue weighted by Crippen LogP contribution is 2.27. The number of benzene rings is 2. The number of aromatic amines is 2. The molecule has 4 aromatic rings. The zero-order chi connectivity index (χ0) is 19.8. The Morgan fingerprint density at radius 1 is 1.24 bits per heavy atom. The summed E-state index contributed by atoms with van der Waals surface area (Å²) >= 11 is 0. The minimum Gasteiger partial charge on any atom is -0.352 e. The van der Waals surface area contributed by atoms with E-state index in [2.05, 4.69) is 50.1 Å². The number of nitrogens with one attached hydrogen (secondary N) is 4. The van der Waals surface area contributed by atoms with E-state index in [1.807, 2.05) is 19.1 Å². The number of amides is 1. The number of fused-ring (bicyclic) bond motifs is 2. The van der Waals surface area contributed by atoms with Crippen LogP contribution in [0, 0.1) is 12.8 Å². The number of carbonyl (C=O) groups excluding carboxylic acids is 1. The first-order valence-corrected chi connectivity index (χ1v) is 10.1. The summed E-state index contributed by atoms with van der Waals surface area (Å²) in [5.41, 5.74) is 3.64. The minimum atomic E-state index is -0.109. The van der Waals surface area contributed by atoms with Crippen LogP contribution < -0.4 is 10.6 Å². The normalized spacial score (nSPS) is 17.1. The van der Waals surface area contributed by atoms with Crippen LogP contribution in [0.15, 0.2) is 36.4 Å². The second-order valence-corrected chi connectivity index (χ2v) is 7.80. The van der Waals surface area contributed by atoms with Gasteiger partial charge in [-0.25, -0.2) is 4.98 Å². The van der Waals surface area contributed by atoms with Gasteiger partial charge in [-0.2, -0.15) is 5.10 Å². The Balaban J connectivity index is 1.45. The molecule has 148 valence electrons. The third-order valence-corrected chi connectivity index (χ3v) is 5.70. The maximum Gasteiger partial charge on any atom is 0.255 e. The fourth-order valence-corrected chi connectivity index (χ4v) is 4.11. The quantitative estimate of drug-likeness (QED) is 0.432. The standard InChI is InChI=1S/C22H24N6O/c1-13-19(22(29)24-12-14-5-4-8-23-11-14)20(28-27-13)21-25-17-9-15-6-2-3-7-16(15)10-18(17)26-21/h2-3,6-7,9-10,14,23H,4-5,8,11-12H2,1H3,(H,24,29)(H,25,26)(H,27,28). The van der Waals surface area contributed by atoms with Gasteiger partial charge >= 0.3 is 0 Å². The number of H-pyrrole nitrogens is 2. The third-order valence-electron chi connectivity index (χ3n) is 5.70. The summed E-state index contributed by atoms with van der Waals surface area (Å²) in [4.78, 5) is 21.0. The number of piperidine rings is 1. The second-order valence-electron chi connectivity index (χ2n) is 7.80. The van der Waals surface area contributed by atoms with Gasteiger partial charge in [0.05, 0.1) is 16.6 Å². The van der Waals surface area contributed by atoms with Crippen LogP contribution >= 0.6 is 0 Å². The van der Waals surface area contributed by atoms with Gasteiger partial charge in [0.2, 0.25) is 0 Å². The van der Waals surface area contributed by atoms with Crippen LogP contribution in [0.3, 0.4) is 0 Å². The van der Waals surface area contributed by atoms with Crippen LogP contribution in [-0.2, 0) is 0 Å². The molecule has 1 fully saturated rings. The second kappa shape index (κ2) is 7.33. The summed E-state index contributed by atoms with van der Waals surface area (Å²) in [7, 11) is 0. The lowest BCUT2D eigenvalue weighted by molar-refractivity contribution is 0.0945. The van der Waals surface area contributed by atoms with Gasteiger partial charge in [-0.15, -0.1) is 0 Å². The smallest absolute Gasteiger partial charge is 0.255 e. The first kappa shape index (κ1) is 17.9. The van der Waals surface area contributed by atoms with Crippen molar-refractivity contribution in [2.45, 2.75) is 19.8 Å². The highest BCUT2D eigenvalue weighted by molar-refractivity contribution is 6.01. The van der Waals surface area contributed by atoms with Gasteiger partial charge in [0, 0.05) is 12.2 Å². The molecule has 1 saturated heterocycles. The number of aromatic nitrogens is 4. The number of carbonyl (C=O) groups is 1. The molecule has 1 aliphatic rings. The van der Waals surface area contributed by atoms with E-state index >= 15 is 0 Å². The molecule has 0 saturated carbocycles. The van der Waals surface area contributed by atoms with Crippen molar-refractivity contribution >= 4 is 27.7 Å². The first-order chi connectivity index (χ1) is 14.2. The molecule has 4 N–H and O–H groups in total. The predicted octanol–water partition coefficient (Wildman–Crippen LogP) is 3.14. The van der Waals surface area contributed by atoms with Crippen molar-refractivity contribution in [1.29, 1.82) is 0 Å². The number of nitrogens with zero attached hydrogens (tertiary/aromatic N) is 2. The van der Waals surface area contributed by atoms with Gasteiger partial charge in [0.1, 0.15) is 5.69 Å². The predicted molar refractivity (Wildman–Crippen MR) is 114 cm³/mol. The Morgan fingerprint density at radius 3 is 2.86 bits per heavy atom. The highest BCUT2D eigenvalue weighted by Gasteiger charge is 2.23. The Labute approximate surface area is 168 Å². The number of rotatable bonds is 4. The highest BCUT2D eigenvalue weighted by atomic mass is 16.1. The number of imidazole rings is 1. The van der Waals surface area contributed by atoms with E-state index < -0.39 is 0 Å². The molecule has 2 aromatic carbocycles. The zero-order valence-electron chi connectivity index (χ0n) is 16.4. The molecular weight excluding hydrogens is 364 g/mol. The van der Waals surface area contributed by atoms with Crippen molar-refractivity contribution in [3.05, 3.63) is 47.7 Å². The molecule has 0 radical (unpaired) electrons. The lowest BCUT2D eigenvalue weighted by Gasteiger charge is -2.22. The molecule has 0 aliphatic carbocycles. The monoisotopic (exact) mass is 388 g/mol. The molecule has 2 aromatic heterocycles. The summed E-state index contributed by atoms with van der Waals surface area (Å²) < 4.78 is 0. The molecule has 3 heterocycles. The largest absolute Gasteiger partial charge is 0.352 e. The third kappa shape index (κ3) is 3.38. The molecular formula is C22H24N6O. The van der Waals surface area contributed by atoms with Gasteiger partial charge in [0.25, 0.3) is 5.91 Å². The number of hydrogen-bond donors (Lipinski definition) is 4. The fourth-order valence-electron chi connectivity index (χ4n) is 4.11. The number of hydrogen-bond acceptors (Lipinski definition) is 4. The van der Waals surface area contributed by atoms with Gasteiger partial charge in [-0.3, -0.25) is 9.89 Å².